The first-order valence-corrected chi connectivity index (χ1v) is 14.9. The van der Waals surface area contributed by atoms with E-state index in [1.165, 1.54) is 22.5 Å². The predicted octanol–water partition coefficient (Wildman–Crippen LogP) is 7.70. The van der Waals surface area contributed by atoms with E-state index in [1.54, 1.807) is 41.1 Å². The van der Waals surface area contributed by atoms with Crippen LogP contribution in [0.5, 0.6) is 0 Å². The molecule has 8 nitrogen and oxygen atoms in total. The van der Waals surface area contributed by atoms with Crippen LogP contribution in [0.2, 0.25) is 0 Å². The van der Waals surface area contributed by atoms with Crippen molar-refractivity contribution in [2.75, 3.05) is 11.1 Å². The third-order valence-corrected chi connectivity index (χ3v) is 8.37. The second kappa shape index (κ2) is 12.0. The van der Waals surface area contributed by atoms with Crippen molar-refractivity contribution in [2.45, 2.75) is 13.8 Å². The quantitative estimate of drug-likeness (QED) is 0.211. The molecule has 0 atom stereocenters. The van der Waals surface area contributed by atoms with Crippen molar-refractivity contribution in [3.8, 4) is 22.3 Å². The summed E-state index contributed by atoms with van der Waals surface area (Å²) >= 11 is 3.27. The van der Waals surface area contributed by atoms with Gasteiger partial charge in [-0.1, -0.05) is 0 Å². The van der Waals surface area contributed by atoms with E-state index in [9.17, 15) is 9.18 Å². The number of fused-ring (bicyclic) bond motifs is 2. The summed E-state index contributed by atoms with van der Waals surface area (Å²) in [5.74, 6) is -0.345. The standard InChI is InChI=1S/C19H13FN4OS.C13H11N3S/c1-11-6-17-16(23-10-26-17)7-14(11)12-2-3-18(22-8-12)24-19(25)13-4-5-21-9-15(13)20;1-8-4-12-11(16-7-17-12)5-10(8)9-2-3-13(14)15-6-9/h2-10H,1H3,(H,22,24,25);2-7H,1H3,(H2,14,15). The molecule has 7 rings (SSSR count). The van der Waals surface area contributed by atoms with Crippen molar-refractivity contribution in [3.05, 3.63) is 113 Å². The molecular formula is C32H24FN7OS2. The molecule has 0 aliphatic carbocycles. The molecule has 7 aromatic rings. The number of nitrogens with two attached hydrogens (primary N) is 1. The van der Waals surface area contributed by atoms with Crippen LogP contribution in [0.4, 0.5) is 16.0 Å². The van der Waals surface area contributed by atoms with E-state index in [2.05, 4.69) is 55.4 Å². The molecule has 212 valence electrons. The number of benzene rings is 2. The monoisotopic (exact) mass is 605 g/mol. The number of nitrogens with zero attached hydrogens (tertiary/aromatic N) is 5. The second-order valence-electron chi connectivity index (χ2n) is 9.69. The van der Waals surface area contributed by atoms with Gasteiger partial charge in [0.05, 0.1) is 43.2 Å². The summed E-state index contributed by atoms with van der Waals surface area (Å²) in [6, 6.07) is 17.1. The van der Waals surface area contributed by atoms with Crippen LogP contribution in [0.25, 0.3) is 42.7 Å². The van der Waals surface area contributed by atoms with Gasteiger partial charge in [-0.3, -0.25) is 9.78 Å². The summed E-state index contributed by atoms with van der Waals surface area (Å²) in [7, 11) is 0. The van der Waals surface area contributed by atoms with Crippen molar-refractivity contribution >= 4 is 60.6 Å². The first-order chi connectivity index (χ1) is 20.9. The minimum absolute atomic E-state index is 0.0734. The minimum Gasteiger partial charge on any atom is -0.384 e. The van der Waals surface area contributed by atoms with Crippen molar-refractivity contribution in [3.63, 3.8) is 0 Å². The van der Waals surface area contributed by atoms with Gasteiger partial charge in [-0.05, 0) is 90.7 Å². The van der Waals surface area contributed by atoms with Crippen LogP contribution in [-0.4, -0.2) is 30.8 Å². The fourth-order valence-electron chi connectivity index (χ4n) is 4.57. The zero-order valence-corrected chi connectivity index (χ0v) is 24.7. The van der Waals surface area contributed by atoms with E-state index in [0.29, 0.717) is 11.6 Å². The van der Waals surface area contributed by atoms with E-state index < -0.39 is 11.7 Å². The number of amides is 1. The molecule has 3 N–H and O–H groups in total. The van der Waals surface area contributed by atoms with Crippen molar-refractivity contribution in [1.82, 2.24) is 24.9 Å². The molecule has 0 unspecified atom stereocenters. The first-order valence-electron chi connectivity index (χ1n) is 13.1. The predicted molar refractivity (Wildman–Crippen MR) is 172 cm³/mol. The Hall–Kier alpha value is -5.13. The maximum absolute atomic E-state index is 13.6. The molecule has 5 heterocycles. The largest absolute Gasteiger partial charge is 0.384 e. The second-order valence-corrected chi connectivity index (χ2v) is 11.5. The number of carbonyl (C=O) groups is 1. The van der Waals surface area contributed by atoms with Crippen LogP contribution in [0.15, 0.2) is 90.4 Å². The number of rotatable bonds is 4. The normalized spacial score (nSPS) is 10.9. The van der Waals surface area contributed by atoms with Crippen molar-refractivity contribution in [1.29, 1.82) is 0 Å². The summed E-state index contributed by atoms with van der Waals surface area (Å²) < 4.78 is 16.0. The van der Waals surface area contributed by atoms with Crippen LogP contribution in [0.3, 0.4) is 0 Å². The lowest BCUT2D eigenvalue weighted by atomic mass is 10.0. The van der Waals surface area contributed by atoms with Gasteiger partial charge < -0.3 is 11.1 Å². The van der Waals surface area contributed by atoms with Gasteiger partial charge in [0.2, 0.25) is 0 Å². The van der Waals surface area contributed by atoms with E-state index in [0.717, 1.165) is 49.7 Å². The fourth-order valence-corrected chi connectivity index (χ4v) is 6.08. The molecular weight excluding hydrogens is 582 g/mol. The zero-order chi connectivity index (χ0) is 29.9. The van der Waals surface area contributed by atoms with Gasteiger partial charge >= 0.3 is 0 Å². The summed E-state index contributed by atoms with van der Waals surface area (Å²) in [5, 5.41) is 2.59. The fraction of sp³-hybridized carbons (Fsp3) is 0.0625. The third kappa shape index (κ3) is 6.08. The van der Waals surface area contributed by atoms with E-state index >= 15 is 0 Å². The van der Waals surface area contributed by atoms with Gasteiger partial charge in [0, 0.05) is 29.7 Å². The Balaban J connectivity index is 0.000000167. The first kappa shape index (κ1) is 28.0. The average Bonchev–Trinajstić information content (AvgIpc) is 3.66. The molecule has 0 bridgehead atoms. The van der Waals surface area contributed by atoms with E-state index in [4.69, 9.17) is 5.73 Å². The molecule has 5 aromatic heterocycles. The van der Waals surface area contributed by atoms with Crippen molar-refractivity contribution in [2.24, 2.45) is 0 Å². The highest BCUT2D eigenvalue weighted by Gasteiger charge is 2.13. The number of hydrogen-bond acceptors (Lipinski definition) is 9. The summed E-state index contributed by atoms with van der Waals surface area (Å²) in [4.78, 5) is 32.8. The lowest BCUT2D eigenvalue weighted by Gasteiger charge is -2.08. The van der Waals surface area contributed by atoms with Gasteiger partial charge in [-0.15, -0.1) is 22.7 Å². The number of carbonyl (C=O) groups excluding carboxylic acids is 1. The Bertz CT molecular complexity index is 2070. The van der Waals surface area contributed by atoms with Gasteiger partial charge in [0.15, 0.2) is 5.82 Å². The van der Waals surface area contributed by atoms with Gasteiger partial charge in [-0.25, -0.2) is 24.3 Å². The zero-order valence-electron chi connectivity index (χ0n) is 23.1. The van der Waals surface area contributed by atoms with Crippen LogP contribution >= 0.6 is 22.7 Å². The number of pyridine rings is 3. The summed E-state index contributed by atoms with van der Waals surface area (Å²) in [6.45, 7) is 4.14. The molecule has 0 spiro atoms. The highest BCUT2D eigenvalue weighted by atomic mass is 32.1. The maximum atomic E-state index is 13.6. The lowest BCUT2D eigenvalue weighted by molar-refractivity contribution is 0.102. The Kier molecular flexibility index (Phi) is 7.82. The van der Waals surface area contributed by atoms with Gasteiger partial charge in [0.1, 0.15) is 11.6 Å². The number of nitrogens with one attached hydrogen (secondary N) is 1. The lowest BCUT2D eigenvalue weighted by Crippen LogP contribution is -2.14. The maximum Gasteiger partial charge on any atom is 0.259 e. The highest BCUT2D eigenvalue weighted by molar-refractivity contribution is 7.17. The topological polar surface area (TPSA) is 120 Å². The Morgan fingerprint density at radius 1 is 0.767 bits per heavy atom. The van der Waals surface area contributed by atoms with Crippen molar-refractivity contribution < 1.29 is 9.18 Å². The Morgan fingerprint density at radius 3 is 1.91 bits per heavy atom. The number of thiazole rings is 2. The summed E-state index contributed by atoms with van der Waals surface area (Å²) in [6.07, 6.45) is 5.85. The van der Waals surface area contributed by atoms with E-state index in [-0.39, 0.29) is 5.56 Å². The van der Waals surface area contributed by atoms with Crippen LogP contribution in [-0.2, 0) is 0 Å². The molecule has 0 aliphatic heterocycles. The Morgan fingerprint density at radius 2 is 1.37 bits per heavy atom. The smallest absolute Gasteiger partial charge is 0.259 e. The van der Waals surface area contributed by atoms with Gasteiger partial charge in [0.25, 0.3) is 5.91 Å². The molecule has 0 saturated heterocycles. The number of halogens is 1. The minimum atomic E-state index is -0.672. The molecule has 0 fully saturated rings. The van der Waals surface area contributed by atoms with Crippen LogP contribution in [0, 0.1) is 19.7 Å². The summed E-state index contributed by atoms with van der Waals surface area (Å²) in [5.41, 5.74) is 17.7. The van der Waals surface area contributed by atoms with Gasteiger partial charge in [-0.2, -0.15) is 0 Å². The van der Waals surface area contributed by atoms with Crippen LogP contribution < -0.4 is 11.1 Å². The molecule has 11 heteroatoms. The average molecular weight is 606 g/mol. The number of aromatic nitrogens is 5. The number of hydrogen-bond donors (Lipinski definition) is 2. The molecule has 2 aromatic carbocycles. The SMILES string of the molecule is Cc1cc2scnc2cc1-c1ccc(N)nc1.Cc1cc2scnc2cc1-c1ccc(NC(=O)c2ccncc2F)nc1. The molecule has 0 aliphatic rings. The van der Waals surface area contributed by atoms with E-state index in [1.807, 2.05) is 42.2 Å². The third-order valence-electron chi connectivity index (χ3n) is 6.79. The molecule has 43 heavy (non-hydrogen) atoms. The van der Waals surface area contributed by atoms with Crippen LogP contribution in [0.1, 0.15) is 21.5 Å². The molecule has 0 radical (unpaired) electrons. The number of aryl methyl sites for hydroxylation is 2. The Labute approximate surface area is 254 Å². The molecule has 1 amide bonds. The number of nitrogen functional groups attached to an aromatic ring is 1. The highest BCUT2D eigenvalue weighted by Crippen LogP contribution is 2.31. The number of anilines is 2. The molecule has 0 saturated carbocycles.